The van der Waals surface area contributed by atoms with Crippen LogP contribution in [-0.2, 0) is 10.2 Å². The molecule has 27 heavy (non-hydrogen) atoms. The first-order valence-electron chi connectivity index (χ1n) is 9.74. The minimum atomic E-state index is 0.172. The standard InChI is InChI=1S/C23H30N2O2/c1-23(2,3)19-9-11-20(12-10-19)24-14-16-25(17-15-24)22(26)13-18-27-21-7-5-4-6-8-21/h4-12H,13-18H2,1-3H3. The Hall–Kier alpha value is -2.49. The van der Waals surface area contributed by atoms with Crippen LogP contribution in [0, 0.1) is 0 Å². The van der Waals surface area contributed by atoms with Gasteiger partial charge in [0.15, 0.2) is 0 Å². The summed E-state index contributed by atoms with van der Waals surface area (Å²) in [5, 5.41) is 0. The van der Waals surface area contributed by atoms with Gasteiger partial charge in [0.05, 0.1) is 13.0 Å². The number of ether oxygens (including phenoxy) is 1. The second-order valence-electron chi connectivity index (χ2n) is 8.08. The zero-order chi connectivity index (χ0) is 19.3. The summed E-state index contributed by atoms with van der Waals surface area (Å²) in [6.07, 6.45) is 0.426. The molecule has 0 radical (unpaired) electrons. The fraction of sp³-hybridized carbons (Fsp3) is 0.435. The lowest BCUT2D eigenvalue weighted by Gasteiger charge is -2.36. The Balaban J connectivity index is 1.45. The monoisotopic (exact) mass is 366 g/mol. The molecule has 1 fully saturated rings. The third-order valence-corrected chi connectivity index (χ3v) is 5.06. The Morgan fingerprint density at radius 3 is 2.15 bits per heavy atom. The maximum Gasteiger partial charge on any atom is 0.226 e. The number of carbonyl (C=O) groups excluding carboxylic acids is 1. The smallest absolute Gasteiger partial charge is 0.226 e. The predicted molar refractivity (Wildman–Crippen MR) is 110 cm³/mol. The van der Waals surface area contributed by atoms with Crippen molar-refractivity contribution in [3.05, 3.63) is 60.2 Å². The molecule has 0 aliphatic carbocycles. The normalized spacial score (nSPS) is 14.9. The van der Waals surface area contributed by atoms with E-state index < -0.39 is 0 Å². The van der Waals surface area contributed by atoms with E-state index in [2.05, 4.69) is 49.9 Å². The van der Waals surface area contributed by atoms with Gasteiger partial charge in [0.1, 0.15) is 5.75 Å². The van der Waals surface area contributed by atoms with Crippen molar-refractivity contribution in [1.29, 1.82) is 0 Å². The first-order chi connectivity index (χ1) is 12.9. The van der Waals surface area contributed by atoms with Gasteiger partial charge in [-0.2, -0.15) is 0 Å². The average molecular weight is 367 g/mol. The number of hydrogen-bond donors (Lipinski definition) is 0. The molecule has 4 nitrogen and oxygen atoms in total. The Morgan fingerprint density at radius 1 is 0.926 bits per heavy atom. The Labute approximate surface area is 162 Å². The van der Waals surface area contributed by atoms with Crippen molar-refractivity contribution in [1.82, 2.24) is 4.90 Å². The summed E-state index contributed by atoms with van der Waals surface area (Å²) >= 11 is 0. The van der Waals surface area contributed by atoms with Gasteiger partial charge in [-0.05, 0) is 35.2 Å². The van der Waals surface area contributed by atoms with Gasteiger partial charge >= 0.3 is 0 Å². The summed E-state index contributed by atoms with van der Waals surface area (Å²) in [6, 6.07) is 18.5. The minimum Gasteiger partial charge on any atom is -0.493 e. The van der Waals surface area contributed by atoms with Crippen molar-refractivity contribution in [2.75, 3.05) is 37.7 Å². The van der Waals surface area contributed by atoms with Crippen molar-refractivity contribution in [2.24, 2.45) is 0 Å². The zero-order valence-electron chi connectivity index (χ0n) is 16.6. The molecule has 0 unspecified atom stereocenters. The molecule has 0 bridgehead atoms. The number of anilines is 1. The summed E-state index contributed by atoms with van der Waals surface area (Å²) in [5.74, 6) is 0.988. The van der Waals surface area contributed by atoms with Crippen LogP contribution >= 0.6 is 0 Å². The minimum absolute atomic E-state index is 0.172. The summed E-state index contributed by atoms with van der Waals surface area (Å²) in [6.45, 7) is 10.4. The highest BCUT2D eigenvalue weighted by Crippen LogP contribution is 2.25. The van der Waals surface area contributed by atoms with Gasteiger partial charge in [-0.25, -0.2) is 0 Å². The summed E-state index contributed by atoms with van der Waals surface area (Å²) in [4.78, 5) is 16.7. The van der Waals surface area contributed by atoms with Crippen LogP contribution in [0.15, 0.2) is 54.6 Å². The molecule has 144 valence electrons. The Morgan fingerprint density at radius 2 is 1.56 bits per heavy atom. The number of carbonyl (C=O) groups is 1. The number of benzene rings is 2. The molecule has 1 saturated heterocycles. The predicted octanol–water partition coefficient (Wildman–Crippen LogP) is 4.10. The first kappa shape index (κ1) is 19.3. The van der Waals surface area contributed by atoms with Crippen LogP contribution in [0.1, 0.15) is 32.8 Å². The maximum absolute atomic E-state index is 12.4. The summed E-state index contributed by atoms with van der Waals surface area (Å²) in [7, 11) is 0. The lowest BCUT2D eigenvalue weighted by Crippen LogP contribution is -2.49. The van der Waals surface area contributed by atoms with Crippen LogP contribution in [0.4, 0.5) is 5.69 Å². The number of rotatable bonds is 5. The van der Waals surface area contributed by atoms with Crippen molar-refractivity contribution in [3.8, 4) is 5.75 Å². The molecule has 2 aromatic rings. The molecular weight excluding hydrogens is 336 g/mol. The lowest BCUT2D eigenvalue weighted by atomic mass is 9.87. The van der Waals surface area contributed by atoms with Crippen LogP contribution in [0.25, 0.3) is 0 Å². The van der Waals surface area contributed by atoms with E-state index in [0.29, 0.717) is 13.0 Å². The van der Waals surface area contributed by atoms with E-state index in [1.807, 2.05) is 35.2 Å². The van der Waals surface area contributed by atoms with E-state index >= 15 is 0 Å². The highest BCUT2D eigenvalue weighted by Gasteiger charge is 2.21. The fourth-order valence-corrected chi connectivity index (χ4v) is 3.32. The van der Waals surface area contributed by atoms with Crippen molar-refractivity contribution < 1.29 is 9.53 Å². The van der Waals surface area contributed by atoms with E-state index in [1.165, 1.54) is 11.3 Å². The molecule has 1 heterocycles. The van der Waals surface area contributed by atoms with Gasteiger partial charge in [0.25, 0.3) is 0 Å². The molecule has 0 atom stereocenters. The van der Waals surface area contributed by atoms with Crippen LogP contribution in [-0.4, -0.2) is 43.6 Å². The zero-order valence-corrected chi connectivity index (χ0v) is 16.6. The highest BCUT2D eigenvalue weighted by atomic mass is 16.5. The van der Waals surface area contributed by atoms with E-state index in [-0.39, 0.29) is 11.3 Å². The van der Waals surface area contributed by atoms with Crippen molar-refractivity contribution in [3.63, 3.8) is 0 Å². The highest BCUT2D eigenvalue weighted by molar-refractivity contribution is 5.76. The number of amides is 1. The van der Waals surface area contributed by atoms with E-state index in [9.17, 15) is 4.79 Å². The van der Waals surface area contributed by atoms with Gasteiger partial charge in [0, 0.05) is 31.9 Å². The van der Waals surface area contributed by atoms with Crippen LogP contribution in [0.2, 0.25) is 0 Å². The van der Waals surface area contributed by atoms with Gasteiger partial charge < -0.3 is 14.5 Å². The Bertz CT molecular complexity index is 727. The second kappa shape index (κ2) is 8.47. The fourth-order valence-electron chi connectivity index (χ4n) is 3.32. The maximum atomic E-state index is 12.4. The quantitative estimate of drug-likeness (QED) is 0.799. The van der Waals surface area contributed by atoms with Crippen molar-refractivity contribution >= 4 is 11.6 Å². The molecule has 4 heteroatoms. The van der Waals surface area contributed by atoms with E-state index in [1.54, 1.807) is 0 Å². The van der Waals surface area contributed by atoms with Gasteiger partial charge in [-0.3, -0.25) is 4.79 Å². The summed E-state index contributed by atoms with van der Waals surface area (Å²) < 4.78 is 5.64. The number of hydrogen-bond acceptors (Lipinski definition) is 3. The number of para-hydroxylation sites is 1. The third kappa shape index (κ3) is 5.25. The molecule has 0 saturated carbocycles. The Kier molecular flexibility index (Phi) is 6.04. The molecule has 2 aromatic carbocycles. The largest absolute Gasteiger partial charge is 0.493 e. The lowest BCUT2D eigenvalue weighted by molar-refractivity contribution is -0.132. The molecule has 0 spiro atoms. The molecule has 1 amide bonds. The van der Waals surface area contributed by atoms with Gasteiger partial charge in [-0.15, -0.1) is 0 Å². The third-order valence-electron chi connectivity index (χ3n) is 5.06. The van der Waals surface area contributed by atoms with Crippen molar-refractivity contribution in [2.45, 2.75) is 32.6 Å². The summed E-state index contributed by atoms with van der Waals surface area (Å²) in [5.41, 5.74) is 2.76. The van der Waals surface area contributed by atoms with E-state index in [4.69, 9.17) is 4.74 Å². The van der Waals surface area contributed by atoms with Crippen LogP contribution in [0.3, 0.4) is 0 Å². The molecule has 0 aromatic heterocycles. The molecule has 0 N–H and O–H groups in total. The molecule has 1 aliphatic heterocycles. The first-order valence-corrected chi connectivity index (χ1v) is 9.74. The van der Waals surface area contributed by atoms with Gasteiger partial charge in [-0.1, -0.05) is 51.1 Å². The molecule has 1 aliphatic rings. The second-order valence-corrected chi connectivity index (χ2v) is 8.08. The van der Waals surface area contributed by atoms with Crippen LogP contribution in [0.5, 0.6) is 5.75 Å². The van der Waals surface area contributed by atoms with E-state index in [0.717, 1.165) is 31.9 Å². The SMILES string of the molecule is CC(C)(C)c1ccc(N2CCN(C(=O)CCOc3ccccc3)CC2)cc1. The topological polar surface area (TPSA) is 32.8 Å². The van der Waals surface area contributed by atoms with Gasteiger partial charge in [0.2, 0.25) is 5.91 Å². The average Bonchev–Trinajstić information content (AvgIpc) is 2.68. The van der Waals surface area contributed by atoms with Crippen LogP contribution < -0.4 is 9.64 Å². The molecule has 3 rings (SSSR count). The number of nitrogens with zero attached hydrogens (tertiary/aromatic N) is 2. The molecular formula is C23H30N2O2. The number of piperazine rings is 1.